The van der Waals surface area contributed by atoms with Crippen molar-refractivity contribution in [3.8, 4) is 0 Å². The first-order valence-electron chi connectivity index (χ1n) is 10.5. The number of aryl methyl sites for hydroxylation is 1. The fourth-order valence-electron chi connectivity index (χ4n) is 4.35. The standard InChI is InChI=1S/C21H29N3O2S2/c1-4-24-20(26)17-15-9-8-13(2)12-16(15)28-18(17)22-21(24)27-14(3)19(25)23-10-6-5-7-11-23/h13-14H,4-12H2,1-3H3/t13-,14+/m0/s1. The van der Waals surface area contributed by atoms with Crippen molar-refractivity contribution in [2.45, 2.75) is 76.2 Å². The summed E-state index contributed by atoms with van der Waals surface area (Å²) in [7, 11) is 0. The Kier molecular flexibility index (Phi) is 5.83. The van der Waals surface area contributed by atoms with Crippen LogP contribution in [0.15, 0.2) is 9.95 Å². The second-order valence-electron chi connectivity index (χ2n) is 8.12. The number of carbonyl (C=O) groups excluding carboxylic acids is 1. The van der Waals surface area contributed by atoms with Crippen molar-refractivity contribution in [3.05, 3.63) is 20.8 Å². The van der Waals surface area contributed by atoms with Crippen LogP contribution >= 0.6 is 23.1 Å². The van der Waals surface area contributed by atoms with Crippen LogP contribution in [-0.4, -0.2) is 38.7 Å². The van der Waals surface area contributed by atoms with Crippen LogP contribution in [0.3, 0.4) is 0 Å². The zero-order valence-electron chi connectivity index (χ0n) is 17.0. The molecule has 2 aromatic heterocycles. The van der Waals surface area contributed by atoms with Crippen LogP contribution in [0.1, 0.15) is 56.9 Å². The monoisotopic (exact) mass is 419 g/mol. The van der Waals surface area contributed by atoms with E-state index in [4.69, 9.17) is 4.98 Å². The Morgan fingerprint density at radius 3 is 2.79 bits per heavy atom. The highest BCUT2D eigenvalue weighted by Gasteiger charge is 2.27. The molecular weight excluding hydrogens is 390 g/mol. The molecule has 0 bridgehead atoms. The third kappa shape index (κ3) is 3.63. The van der Waals surface area contributed by atoms with Gasteiger partial charge in [0.2, 0.25) is 5.91 Å². The Hall–Kier alpha value is -1.34. The minimum atomic E-state index is -0.227. The van der Waals surface area contributed by atoms with Crippen molar-refractivity contribution >= 4 is 39.2 Å². The molecule has 1 fully saturated rings. The number of aromatic nitrogens is 2. The molecule has 7 heteroatoms. The maximum atomic E-state index is 13.3. The van der Waals surface area contributed by atoms with Crippen molar-refractivity contribution in [1.82, 2.24) is 14.5 Å². The topological polar surface area (TPSA) is 55.2 Å². The summed E-state index contributed by atoms with van der Waals surface area (Å²) in [6, 6.07) is 0. The van der Waals surface area contributed by atoms with E-state index in [1.807, 2.05) is 18.7 Å². The van der Waals surface area contributed by atoms with Crippen LogP contribution in [0.5, 0.6) is 0 Å². The summed E-state index contributed by atoms with van der Waals surface area (Å²) >= 11 is 3.12. The number of amides is 1. The maximum absolute atomic E-state index is 13.3. The van der Waals surface area contributed by atoms with Crippen LogP contribution < -0.4 is 5.56 Å². The summed E-state index contributed by atoms with van der Waals surface area (Å²) in [5.41, 5.74) is 1.30. The third-order valence-electron chi connectivity index (χ3n) is 5.99. The van der Waals surface area contributed by atoms with E-state index in [1.165, 1.54) is 28.6 Å². The number of hydrogen-bond acceptors (Lipinski definition) is 5. The minimum Gasteiger partial charge on any atom is -0.342 e. The fraction of sp³-hybridized carbons (Fsp3) is 0.667. The first-order chi connectivity index (χ1) is 13.5. The molecule has 0 unspecified atom stereocenters. The molecule has 5 nitrogen and oxygen atoms in total. The summed E-state index contributed by atoms with van der Waals surface area (Å²) in [5.74, 6) is 0.839. The van der Waals surface area contributed by atoms with Gasteiger partial charge in [0.25, 0.3) is 5.56 Å². The van der Waals surface area contributed by atoms with Crippen LogP contribution in [-0.2, 0) is 24.2 Å². The van der Waals surface area contributed by atoms with E-state index in [-0.39, 0.29) is 16.7 Å². The Balaban J connectivity index is 1.67. The highest BCUT2D eigenvalue weighted by Crippen LogP contribution is 2.37. The predicted molar refractivity (Wildman–Crippen MR) is 116 cm³/mol. The Labute approximate surface area is 174 Å². The molecule has 4 rings (SSSR count). The molecule has 1 amide bonds. The van der Waals surface area contributed by atoms with Gasteiger partial charge in [-0.05, 0) is 63.9 Å². The van der Waals surface area contributed by atoms with E-state index in [1.54, 1.807) is 15.9 Å². The van der Waals surface area contributed by atoms with Crippen LogP contribution in [0, 0.1) is 5.92 Å². The minimum absolute atomic E-state index is 0.0691. The van der Waals surface area contributed by atoms with Crippen molar-refractivity contribution < 1.29 is 4.79 Å². The lowest BCUT2D eigenvalue weighted by Gasteiger charge is -2.29. The maximum Gasteiger partial charge on any atom is 0.263 e. The number of fused-ring (bicyclic) bond motifs is 3. The summed E-state index contributed by atoms with van der Waals surface area (Å²) in [5, 5.41) is 1.28. The van der Waals surface area contributed by atoms with Gasteiger partial charge in [-0.2, -0.15) is 0 Å². The Morgan fingerprint density at radius 1 is 1.32 bits per heavy atom. The van der Waals surface area contributed by atoms with E-state index in [2.05, 4.69) is 6.92 Å². The summed E-state index contributed by atoms with van der Waals surface area (Å²) in [6.45, 7) is 8.49. The number of piperidine rings is 1. The zero-order valence-corrected chi connectivity index (χ0v) is 18.6. The largest absolute Gasteiger partial charge is 0.342 e. The highest BCUT2D eigenvalue weighted by atomic mass is 32.2. The van der Waals surface area contributed by atoms with Gasteiger partial charge >= 0.3 is 0 Å². The molecule has 1 aliphatic heterocycles. The number of carbonyl (C=O) groups is 1. The second kappa shape index (κ2) is 8.19. The number of rotatable bonds is 4. The van der Waals surface area contributed by atoms with Crippen LogP contribution in [0.25, 0.3) is 10.2 Å². The summed E-state index contributed by atoms with van der Waals surface area (Å²) in [4.78, 5) is 35.1. The predicted octanol–water partition coefficient (Wildman–Crippen LogP) is 4.10. The first kappa shape index (κ1) is 20.0. The number of thioether (sulfide) groups is 1. The van der Waals surface area contributed by atoms with Gasteiger partial charge < -0.3 is 4.90 Å². The number of hydrogen-bond donors (Lipinski definition) is 0. The summed E-state index contributed by atoms with van der Waals surface area (Å²) in [6.07, 6.45) is 6.56. The van der Waals surface area contributed by atoms with Gasteiger partial charge in [0.15, 0.2) is 5.16 Å². The molecule has 0 spiro atoms. The number of nitrogens with zero attached hydrogens (tertiary/aromatic N) is 3. The smallest absolute Gasteiger partial charge is 0.263 e. The van der Waals surface area contributed by atoms with Crippen molar-refractivity contribution in [1.29, 1.82) is 0 Å². The molecule has 0 saturated carbocycles. The molecular formula is C21H29N3O2S2. The van der Waals surface area contributed by atoms with E-state index >= 15 is 0 Å². The van der Waals surface area contributed by atoms with E-state index in [9.17, 15) is 9.59 Å². The molecule has 2 aromatic rings. The van der Waals surface area contributed by atoms with E-state index in [0.717, 1.165) is 55.4 Å². The molecule has 1 aliphatic carbocycles. The van der Waals surface area contributed by atoms with Gasteiger partial charge in [0, 0.05) is 24.5 Å². The molecule has 0 aromatic carbocycles. The van der Waals surface area contributed by atoms with E-state index in [0.29, 0.717) is 17.6 Å². The normalized spacial score (nSPS) is 21.0. The van der Waals surface area contributed by atoms with Crippen LogP contribution in [0.4, 0.5) is 0 Å². The molecule has 3 heterocycles. The molecule has 152 valence electrons. The lowest BCUT2D eigenvalue weighted by Crippen LogP contribution is -2.40. The quantitative estimate of drug-likeness (QED) is 0.553. The average molecular weight is 420 g/mol. The first-order valence-corrected chi connectivity index (χ1v) is 12.2. The van der Waals surface area contributed by atoms with Crippen molar-refractivity contribution in [2.75, 3.05) is 13.1 Å². The van der Waals surface area contributed by atoms with Gasteiger partial charge in [-0.25, -0.2) is 4.98 Å². The molecule has 2 aliphatic rings. The van der Waals surface area contributed by atoms with Gasteiger partial charge in [-0.3, -0.25) is 14.2 Å². The lowest BCUT2D eigenvalue weighted by atomic mass is 9.89. The number of likely N-dealkylation sites (tertiary alicyclic amines) is 1. The molecule has 28 heavy (non-hydrogen) atoms. The Morgan fingerprint density at radius 2 is 2.07 bits per heavy atom. The van der Waals surface area contributed by atoms with Gasteiger partial charge in [0.1, 0.15) is 4.83 Å². The number of thiophene rings is 1. The molecule has 0 radical (unpaired) electrons. The van der Waals surface area contributed by atoms with Crippen molar-refractivity contribution in [2.24, 2.45) is 5.92 Å². The zero-order chi connectivity index (χ0) is 19.8. The fourth-order valence-corrected chi connectivity index (χ4v) is 6.83. The molecule has 2 atom stereocenters. The van der Waals surface area contributed by atoms with Gasteiger partial charge in [0.05, 0.1) is 10.6 Å². The highest BCUT2D eigenvalue weighted by molar-refractivity contribution is 8.00. The molecule has 1 saturated heterocycles. The van der Waals surface area contributed by atoms with E-state index < -0.39 is 0 Å². The third-order valence-corrected chi connectivity index (χ3v) is 8.22. The Bertz CT molecular complexity index is 943. The lowest BCUT2D eigenvalue weighted by molar-refractivity contribution is -0.131. The van der Waals surface area contributed by atoms with Crippen LogP contribution in [0.2, 0.25) is 0 Å². The second-order valence-corrected chi connectivity index (χ2v) is 10.5. The molecule has 0 N–H and O–H groups in total. The SMILES string of the molecule is CCn1c(S[C@H](C)C(=O)N2CCCCC2)nc2sc3c(c2c1=O)CC[C@H](C)C3. The van der Waals surface area contributed by atoms with Gasteiger partial charge in [-0.15, -0.1) is 11.3 Å². The van der Waals surface area contributed by atoms with Gasteiger partial charge in [-0.1, -0.05) is 18.7 Å². The van der Waals surface area contributed by atoms with Crippen molar-refractivity contribution in [3.63, 3.8) is 0 Å². The summed E-state index contributed by atoms with van der Waals surface area (Å²) < 4.78 is 1.76. The average Bonchev–Trinajstić information content (AvgIpc) is 3.05.